The predicted octanol–water partition coefficient (Wildman–Crippen LogP) is 7.42. The van der Waals surface area contributed by atoms with Crippen molar-refractivity contribution in [2.24, 2.45) is 0 Å². The third-order valence-electron chi connectivity index (χ3n) is 4.93. The lowest BCUT2D eigenvalue weighted by Crippen LogP contribution is -2.27. The fourth-order valence-electron chi connectivity index (χ4n) is 3.30. The Morgan fingerprint density at radius 3 is 2.68 bits per heavy atom. The lowest BCUT2D eigenvalue weighted by molar-refractivity contribution is -0.122. The van der Waals surface area contributed by atoms with Gasteiger partial charge in [0.2, 0.25) is 0 Å². The Morgan fingerprint density at radius 1 is 1.15 bits per heavy atom. The Kier molecular flexibility index (Phi) is 6.50. The summed E-state index contributed by atoms with van der Waals surface area (Å²) in [6.07, 6.45) is 3.31. The van der Waals surface area contributed by atoms with Crippen molar-refractivity contribution in [2.75, 3.05) is 0 Å². The second-order valence-corrected chi connectivity index (χ2v) is 10.7. The number of carbonyl (C=O) groups is 2. The number of benzene rings is 2. The van der Waals surface area contributed by atoms with Crippen LogP contribution < -0.4 is 4.74 Å². The smallest absolute Gasteiger partial charge is 0.355 e. The number of halogens is 2. The van der Waals surface area contributed by atoms with Crippen LogP contribution in [0.3, 0.4) is 0 Å². The number of fused-ring (bicyclic) bond motifs is 1. The van der Waals surface area contributed by atoms with Crippen molar-refractivity contribution >= 4 is 90.9 Å². The predicted molar refractivity (Wildman–Crippen MR) is 141 cm³/mol. The van der Waals surface area contributed by atoms with Crippen LogP contribution in [0.1, 0.15) is 21.0 Å². The van der Waals surface area contributed by atoms with Gasteiger partial charge in [-0.25, -0.2) is 4.79 Å². The molecule has 2 aromatic carbocycles. The maximum atomic E-state index is 12.8. The fraction of sp³-hybridized carbons (Fsp3) is 0.0417. The summed E-state index contributed by atoms with van der Waals surface area (Å²) in [7, 11) is 0. The first kappa shape index (κ1) is 23.1. The molecule has 10 heteroatoms. The average Bonchev–Trinajstić information content (AvgIpc) is 3.51. The summed E-state index contributed by atoms with van der Waals surface area (Å²) in [4.78, 5) is 27.8. The maximum Gasteiger partial charge on any atom is 0.355 e. The summed E-state index contributed by atoms with van der Waals surface area (Å²) in [6, 6.07) is 15.7. The van der Waals surface area contributed by atoms with Crippen molar-refractivity contribution in [1.29, 1.82) is 0 Å². The highest BCUT2D eigenvalue weighted by atomic mass is 35.5. The van der Waals surface area contributed by atoms with Crippen LogP contribution in [0.2, 0.25) is 10.0 Å². The van der Waals surface area contributed by atoms with Gasteiger partial charge in [0.15, 0.2) is 0 Å². The number of hydrogen-bond donors (Lipinski definition) is 0. The van der Waals surface area contributed by atoms with E-state index in [1.165, 1.54) is 28.0 Å². The molecule has 1 aliphatic rings. The zero-order valence-electron chi connectivity index (χ0n) is 17.1. The number of thiophene rings is 1. The highest BCUT2D eigenvalue weighted by Gasteiger charge is 2.32. The van der Waals surface area contributed by atoms with Gasteiger partial charge in [-0.2, -0.15) is 0 Å². The van der Waals surface area contributed by atoms with Crippen LogP contribution in [0.25, 0.3) is 16.2 Å². The highest BCUT2D eigenvalue weighted by molar-refractivity contribution is 8.26. The molecule has 0 spiro atoms. The normalized spacial score (nSPS) is 15.0. The zero-order valence-corrected chi connectivity index (χ0v) is 21.1. The van der Waals surface area contributed by atoms with E-state index in [4.69, 9.17) is 44.6 Å². The molecule has 1 aliphatic heterocycles. The third kappa shape index (κ3) is 4.64. The van der Waals surface area contributed by atoms with Crippen LogP contribution in [0.15, 0.2) is 70.2 Å². The molecule has 0 N–H and O–H groups in total. The molecule has 5 nitrogen and oxygen atoms in total. The molecule has 3 heterocycles. The van der Waals surface area contributed by atoms with Gasteiger partial charge in [0.05, 0.1) is 22.7 Å². The van der Waals surface area contributed by atoms with E-state index in [1.54, 1.807) is 66.9 Å². The largest absolute Gasteiger partial charge is 0.467 e. The average molecular weight is 546 g/mol. The summed E-state index contributed by atoms with van der Waals surface area (Å²) < 4.78 is 12.1. The Bertz CT molecular complexity index is 1460. The number of furan rings is 1. The van der Waals surface area contributed by atoms with E-state index in [2.05, 4.69) is 0 Å². The summed E-state index contributed by atoms with van der Waals surface area (Å²) in [6.45, 7) is 0.288. The zero-order chi connectivity index (χ0) is 23.8. The molecule has 0 unspecified atom stereocenters. The van der Waals surface area contributed by atoms with Gasteiger partial charge in [-0.05, 0) is 48.0 Å². The number of amides is 1. The van der Waals surface area contributed by atoms with Gasteiger partial charge in [0.25, 0.3) is 5.91 Å². The molecule has 0 saturated carbocycles. The van der Waals surface area contributed by atoms with E-state index in [-0.39, 0.29) is 12.5 Å². The van der Waals surface area contributed by atoms with E-state index in [9.17, 15) is 9.59 Å². The second kappa shape index (κ2) is 9.56. The van der Waals surface area contributed by atoms with Gasteiger partial charge >= 0.3 is 5.97 Å². The molecular weight excluding hydrogens is 533 g/mol. The summed E-state index contributed by atoms with van der Waals surface area (Å²) in [5, 5.41) is 1.66. The fourth-order valence-corrected chi connectivity index (χ4v) is 6.22. The van der Waals surface area contributed by atoms with Crippen molar-refractivity contribution in [1.82, 2.24) is 4.90 Å². The number of esters is 1. The van der Waals surface area contributed by atoms with E-state index in [0.29, 0.717) is 35.7 Å². The number of ether oxygens (including phenoxy) is 1. The number of thiocarbonyl (C=S) groups is 1. The number of hydrogen-bond acceptors (Lipinski definition) is 7. The SMILES string of the molecule is O=C(Oc1ccc(C=C2SC(=S)N(Cc3ccco3)C2=O)cc1)c1sc2cc(Cl)ccc2c1Cl. The van der Waals surface area contributed by atoms with Gasteiger partial charge in [-0.1, -0.05) is 65.4 Å². The van der Waals surface area contributed by atoms with Gasteiger partial charge in [-0.3, -0.25) is 9.69 Å². The first-order chi connectivity index (χ1) is 16.4. The van der Waals surface area contributed by atoms with Gasteiger partial charge in [0, 0.05) is 15.1 Å². The summed E-state index contributed by atoms with van der Waals surface area (Å²) in [5.74, 6) is 0.292. The van der Waals surface area contributed by atoms with Crippen molar-refractivity contribution in [3.63, 3.8) is 0 Å². The molecule has 170 valence electrons. The Labute approximate surface area is 217 Å². The van der Waals surface area contributed by atoms with Crippen LogP contribution in [-0.2, 0) is 11.3 Å². The molecule has 0 bridgehead atoms. The lowest BCUT2D eigenvalue weighted by atomic mass is 10.2. The first-order valence-electron chi connectivity index (χ1n) is 9.86. The number of carbonyl (C=O) groups excluding carboxylic acids is 2. The third-order valence-corrected chi connectivity index (χ3v) is 8.18. The van der Waals surface area contributed by atoms with Gasteiger partial charge in [0.1, 0.15) is 20.7 Å². The van der Waals surface area contributed by atoms with Crippen LogP contribution in [0.4, 0.5) is 0 Å². The van der Waals surface area contributed by atoms with E-state index < -0.39 is 5.97 Å². The second-order valence-electron chi connectivity index (χ2n) is 7.19. The lowest BCUT2D eigenvalue weighted by Gasteiger charge is -2.11. The Morgan fingerprint density at radius 2 is 1.94 bits per heavy atom. The number of rotatable bonds is 5. The topological polar surface area (TPSA) is 59.8 Å². The van der Waals surface area contributed by atoms with Crippen LogP contribution in [-0.4, -0.2) is 21.1 Å². The van der Waals surface area contributed by atoms with Crippen molar-refractivity contribution in [3.05, 3.63) is 92.0 Å². The molecule has 34 heavy (non-hydrogen) atoms. The van der Waals surface area contributed by atoms with Crippen LogP contribution in [0, 0.1) is 0 Å². The summed E-state index contributed by atoms with van der Waals surface area (Å²) in [5.41, 5.74) is 0.771. The molecule has 1 saturated heterocycles. The maximum absolute atomic E-state index is 12.8. The minimum atomic E-state index is -0.547. The van der Waals surface area contributed by atoms with E-state index in [0.717, 1.165) is 15.6 Å². The molecule has 1 fully saturated rings. The monoisotopic (exact) mass is 545 g/mol. The number of thioether (sulfide) groups is 1. The van der Waals surface area contributed by atoms with Crippen molar-refractivity contribution < 1.29 is 18.7 Å². The Balaban J connectivity index is 1.29. The molecule has 2 aromatic heterocycles. The van der Waals surface area contributed by atoms with Crippen LogP contribution in [0.5, 0.6) is 5.75 Å². The van der Waals surface area contributed by atoms with E-state index >= 15 is 0 Å². The highest BCUT2D eigenvalue weighted by Crippen LogP contribution is 2.37. The van der Waals surface area contributed by atoms with Gasteiger partial charge < -0.3 is 9.15 Å². The van der Waals surface area contributed by atoms with Crippen molar-refractivity contribution in [3.8, 4) is 5.75 Å². The first-order valence-corrected chi connectivity index (χ1v) is 12.7. The number of nitrogens with zero attached hydrogens (tertiary/aromatic N) is 1. The van der Waals surface area contributed by atoms with E-state index in [1.807, 2.05) is 0 Å². The molecule has 5 rings (SSSR count). The molecule has 0 atom stereocenters. The molecule has 1 amide bonds. The minimum absolute atomic E-state index is 0.179. The van der Waals surface area contributed by atoms with Crippen LogP contribution >= 0.6 is 58.5 Å². The molecule has 0 radical (unpaired) electrons. The van der Waals surface area contributed by atoms with Crippen molar-refractivity contribution in [2.45, 2.75) is 6.54 Å². The molecule has 0 aliphatic carbocycles. The van der Waals surface area contributed by atoms with Gasteiger partial charge in [-0.15, -0.1) is 11.3 Å². The molecular formula is C24H13Cl2NO4S3. The quantitative estimate of drug-likeness (QED) is 0.112. The standard InChI is InChI=1S/C24H13Cl2NO4S3/c25-14-5-8-17-18(11-14)33-21(20(17)26)23(29)31-15-6-3-13(4-7-15)10-19-22(28)27(24(32)34-19)12-16-2-1-9-30-16/h1-11H,12H2. The minimum Gasteiger partial charge on any atom is -0.467 e. The Hall–Kier alpha value is -2.62. The molecule has 4 aromatic rings. The summed E-state index contributed by atoms with van der Waals surface area (Å²) >= 11 is 20.2.